The van der Waals surface area contributed by atoms with Gasteiger partial charge in [-0.3, -0.25) is 14.4 Å². The summed E-state index contributed by atoms with van der Waals surface area (Å²) in [5, 5.41) is 9.72. The van der Waals surface area contributed by atoms with E-state index in [1.165, 1.54) is 5.56 Å². The Kier molecular flexibility index (Phi) is 8.70. The molecule has 2 aliphatic rings. The number of rotatable bonds is 7. The third-order valence-electron chi connectivity index (χ3n) is 9.00. The first kappa shape index (κ1) is 32.1. The van der Waals surface area contributed by atoms with E-state index in [4.69, 9.17) is 4.74 Å². The van der Waals surface area contributed by atoms with Crippen LogP contribution in [0.25, 0.3) is 10.9 Å². The average Bonchev–Trinajstić information content (AvgIpc) is 3.50. The summed E-state index contributed by atoms with van der Waals surface area (Å²) in [4.78, 5) is 57.4. The monoisotopic (exact) mass is 615 g/mol. The number of nitrogens with one attached hydrogen (secondary N) is 4. The number of para-hydroxylation sites is 1. The number of aromatic amines is 1. The Morgan fingerprint density at radius 1 is 1.00 bits per heavy atom. The van der Waals surface area contributed by atoms with Crippen LogP contribution in [0.3, 0.4) is 0 Å². The fourth-order valence-electron chi connectivity index (χ4n) is 6.79. The Bertz CT molecular complexity index is 1590. The van der Waals surface area contributed by atoms with Gasteiger partial charge < -0.3 is 30.6 Å². The zero-order chi connectivity index (χ0) is 32.6. The first-order valence-corrected chi connectivity index (χ1v) is 15.7. The number of aromatic nitrogens is 1. The molecule has 1 unspecified atom stereocenters. The van der Waals surface area contributed by atoms with Gasteiger partial charge in [-0.2, -0.15) is 0 Å². The van der Waals surface area contributed by atoms with E-state index < -0.39 is 29.2 Å². The lowest BCUT2D eigenvalue weighted by Gasteiger charge is -2.41. The summed E-state index contributed by atoms with van der Waals surface area (Å²) in [6.45, 7) is 11.0. The second-order valence-corrected chi connectivity index (χ2v) is 14.0. The number of H-pyrrole nitrogens is 1. The third-order valence-corrected chi connectivity index (χ3v) is 9.00. The van der Waals surface area contributed by atoms with Crippen molar-refractivity contribution in [3.8, 4) is 0 Å². The van der Waals surface area contributed by atoms with E-state index in [0.717, 1.165) is 41.3 Å². The molecule has 1 aliphatic carbocycles. The van der Waals surface area contributed by atoms with E-state index in [-0.39, 0.29) is 29.7 Å². The van der Waals surface area contributed by atoms with Crippen molar-refractivity contribution < 1.29 is 23.9 Å². The van der Waals surface area contributed by atoms with Crippen molar-refractivity contribution in [2.45, 2.75) is 95.9 Å². The molecule has 240 valence electrons. The largest absolute Gasteiger partial charge is 0.444 e. The number of carbonyl (C=O) groups is 4. The molecular formula is C35H45N5O5. The first-order valence-electron chi connectivity index (χ1n) is 15.7. The molecule has 2 heterocycles. The molecule has 2 aromatic carbocycles. The summed E-state index contributed by atoms with van der Waals surface area (Å²) < 4.78 is 5.37. The molecular weight excluding hydrogens is 570 g/mol. The van der Waals surface area contributed by atoms with Crippen molar-refractivity contribution in [3.63, 3.8) is 0 Å². The minimum Gasteiger partial charge on any atom is -0.444 e. The maximum absolute atomic E-state index is 14.2. The van der Waals surface area contributed by atoms with Crippen molar-refractivity contribution >= 4 is 34.7 Å². The SMILES string of the molecule is CC(=O)NC1CC2(CCN(C(=O)[C@@H](Cc3c[nH]c4ccccc34)NC(=O)C(C)(C)NC(=O)OC(C)(C)C)CC2)c2ccccc21. The van der Waals surface area contributed by atoms with Gasteiger partial charge in [0, 0.05) is 48.9 Å². The minimum atomic E-state index is -1.33. The smallest absolute Gasteiger partial charge is 0.408 e. The number of carbonyl (C=O) groups excluding carboxylic acids is 4. The fourth-order valence-corrected chi connectivity index (χ4v) is 6.79. The van der Waals surface area contributed by atoms with E-state index in [9.17, 15) is 19.2 Å². The lowest BCUT2D eigenvalue weighted by molar-refractivity contribution is -0.139. The van der Waals surface area contributed by atoms with Crippen LogP contribution in [0.5, 0.6) is 0 Å². The highest BCUT2D eigenvalue weighted by molar-refractivity contribution is 5.94. The van der Waals surface area contributed by atoms with Crippen LogP contribution in [0.1, 0.15) is 83.5 Å². The van der Waals surface area contributed by atoms with Crippen LogP contribution in [0.4, 0.5) is 4.79 Å². The molecule has 3 aromatic rings. The fraction of sp³-hybridized carbons (Fsp3) is 0.486. The van der Waals surface area contributed by atoms with Gasteiger partial charge in [0.15, 0.2) is 0 Å². The van der Waals surface area contributed by atoms with Gasteiger partial charge in [0.25, 0.3) is 0 Å². The Morgan fingerprint density at radius 2 is 1.67 bits per heavy atom. The Labute approximate surface area is 264 Å². The average molecular weight is 616 g/mol. The third kappa shape index (κ3) is 7.00. The number of benzene rings is 2. The highest BCUT2D eigenvalue weighted by Crippen LogP contribution is 2.50. The van der Waals surface area contributed by atoms with Crippen molar-refractivity contribution in [1.29, 1.82) is 0 Å². The van der Waals surface area contributed by atoms with Crippen molar-refractivity contribution in [2.24, 2.45) is 0 Å². The van der Waals surface area contributed by atoms with Crippen LogP contribution in [-0.2, 0) is 31.0 Å². The summed E-state index contributed by atoms with van der Waals surface area (Å²) in [5.41, 5.74) is 2.07. The number of hydrogen-bond acceptors (Lipinski definition) is 5. The molecule has 10 nitrogen and oxygen atoms in total. The second-order valence-electron chi connectivity index (χ2n) is 14.0. The van der Waals surface area contributed by atoms with E-state index in [1.54, 1.807) is 41.5 Å². The van der Waals surface area contributed by atoms with Crippen LogP contribution in [0, 0.1) is 0 Å². The summed E-state index contributed by atoms with van der Waals surface area (Å²) in [7, 11) is 0. The number of hydrogen-bond donors (Lipinski definition) is 4. The van der Waals surface area contributed by atoms with E-state index in [0.29, 0.717) is 13.1 Å². The summed E-state index contributed by atoms with van der Waals surface area (Å²) in [6.07, 6.45) is 3.76. The number of alkyl carbamates (subject to hydrolysis) is 1. The van der Waals surface area contributed by atoms with E-state index in [1.807, 2.05) is 47.5 Å². The summed E-state index contributed by atoms with van der Waals surface area (Å²) in [6, 6.07) is 15.2. The number of ether oxygens (including phenoxy) is 1. The molecule has 0 radical (unpaired) electrons. The predicted molar refractivity (Wildman–Crippen MR) is 172 cm³/mol. The topological polar surface area (TPSA) is 133 Å². The van der Waals surface area contributed by atoms with Crippen molar-refractivity contribution in [1.82, 2.24) is 25.8 Å². The maximum Gasteiger partial charge on any atom is 0.408 e. The molecule has 10 heteroatoms. The molecule has 45 heavy (non-hydrogen) atoms. The quantitative estimate of drug-likeness (QED) is 0.308. The number of amides is 4. The number of piperidine rings is 1. The molecule has 0 saturated carbocycles. The Hall–Kier alpha value is -4.34. The zero-order valence-corrected chi connectivity index (χ0v) is 27.1. The van der Waals surface area contributed by atoms with E-state index >= 15 is 0 Å². The van der Waals surface area contributed by atoms with Gasteiger partial charge in [0.2, 0.25) is 17.7 Å². The standard InChI is InChI=1S/C35H45N5O5/c1-22(41)37-29-20-35(26-13-9-7-12-25(26)29)15-17-40(18-16-35)30(42)28(19-23-21-36-27-14-10-8-11-24(23)27)38-31(43)34(5,6)39-32(44)45-33(2,3)4/h7-14,21,28-29,36H,15-20H2,1-6H3,(H,37,41)(H,38,43)(H,39,44)/t28-,29?/m1/s1. The highest BCUT2D eigenvalue weighted by Gasteiger charge is 2.47. The lowest BCUT2D eigenvalue weighted by atomic mass is 9.73. The number of likely N-dealkylation sites (tertiary alicyclic amines) is 1. The molecule has 1 aliphatic heterocycles. The van der Waals surface area contributed by atoms with Gasteiger partial charge >= 0.3 is 6.09 Å². The molecule has 1 fully saturated rings. The van der Waals surface area contributed by atoms with Crippen LogP contribution in [-0.4, -0.2) is 64.0 Å². The lowest BCUT2D eigenvalue weighted by Crippen LogP contribution is -2.60. The molecule has 1 spiro atoms. The Morgan fingerprint density at radius 3 is 2.36 bits per heavy atom. The molecule has 5 rings (SSSR count). The van der Waals surface area contributed by atoms with Gasteiger partial charge in [-0.15, -0.1) is 0 Å². The Balaban J connectivity index is 1.35. The van der Waals surface area contributed by atoms with Crippen LogP contribution >= 0.6 is 0 Å². The zero-order valence-electron chi connectivity index (χ0n) is 27.1. The molecule has 4 amide bonds. The summed E-state index contributed by atoms with van der Waals surface area (Å²) in [5.74, 6) is -0.705. The minimum absolute atomic E-state index is 0.0467. The van der Waals surface area contributed by atoms with Gasteiger partial charge in [-0.25, -0.2) is 4.79 Å². The summed E-state index contributed by atoms with van der Waals surface area (Å²) >= 11 is 0. The normalized spacial score (nSPS) is 18.3. The maximum atomic E-state index is 14.2. The molecule has 1 aromatic heterocycles. The van der Waals surface area contributed by atoms with E-state index in [2.05, 4.69) is 33.1 Å². The van der Waals surface area contributed by atoms with Gasteiger partial charge in [-0.1, -0.05) is 42.5 Å². The van der Waals surface area contributed by atoms with Gasteiger partial charge in [0.05, 0.1) is 6.04 Å². The molecule has 0 bridgehead atoms. The van der Waals surface area contributed by atoms with Gasteiger partial charge in [0.1, 0.15) is 17.2 Å². The van der Waals surface area contributed by atoms with Crippen LogP contribution in [0.15, 0.2) is 54.7 Å². The second kappa shape index (κ2) is 12.2. The van der Waals surface area contributed by atoms with Crippen LogP contribution < -0.4 is 16.0 Å². The first-order chi connectivity index (χ1) is 21.2. The van der Waals surface area contributed by atoms with Gasteiger partial charge in [-0.05, 0) is 76.6 Å². The predicted octanol–water partition coefficient (Wildman–Crippen LogP) is 4.64. The molecule has 4 N–H and O–H groups in total. The highest BCUT2D eigenvalue weighted by atomic mass is 16.6. The molecule has 1 saturated heterocycles. The number of fused-ring (bicyclic) bond motifs is 3. The van der Waals surface area contributed by atoms with Crippen LogP contribution in [0.2, 0.25) is 0 Å². The van der Waals surface area contributed by atoms with Crippen molar-refractivity contribution in [2.75, 3.05) is 13.1 Å². The molecule has 2 atom stereocenters. The number of nitrogens with zero attached hydrogens (tertiary/aromatic N) is 1. The van der Waals surface area contributed by atoms with Crippen molar-refractivity contribution in [3.05, 3.63) is 71.4 Å².